The van der Waals surface area contributed by atoms with Crippen molar-refractivity contribution in [3.8, 4) is 0 Å². The van der Waals surface area contributed by atoms with E-state index < -0.39 is 0 Å². The molecule has 2 nitrogen and oxygen atoms in total. The lowest BCUT2D eigenvalue weighted by Crippen LogP contribution is -2.44. The zero-order valence-corrected chi connectivity index (χ0v) is 12.2. The van der Waals surface area contributed by atoms with Gasteiger partial charge in [-0.2, -0.15) is 0 Å². The van der Waals surface area contributed by atoms with Crippen LogP contribution in [-0.4, -0.2) is 29.3 Å². The lowest BCUT2D eigenvalue weighted by atomic mass is 10.0. The Morgan fingerprint density at radius 1 is 1.47 bits per heavy atom. The molecular weight excluding hydrogens is 301 g/mol. The predicted molar refractivity (Wildman–Crippen MR) is 73.7 cm³/mol. The Morgan fingerprint density at radius 2 is 2.24 bits per heavy atom. The number of amides is 1. The van der Waals surface area contributed by atoms with E-state index in [1.165, 1.54) is 11.3 Å². The number of hydrogen-bond acceptors (Lipinski definition) is 2. The van der Waals surface area contributed by atoms with E-state index in [9.17, 15) is 4.79 Å². The largest absolute Gasteiger partial charge is 0.334 e. The molecule has 1 aromatic heterocycles. The third-order valence-electron chi connectivity index (χ3n) is 2.95. The highest BCUT2D eigenvalue weighted by atomic mass is 35.5. The Labute approximate surface area is 119 Å². The van der Waals surface area contributed by atoms with Gasteiger partial charge in [0, 0.05) is 18.5 Å². The molecule has 0 saturated carbocycles. The smallest absolute Gasteiger partial charge is 0.256 e. The van der Waals surface area contributed by atoms with Gasteiger partial charge in [-0.3, -0.25) is 4.79 Å². The Kier molecular flexibility index (Phi) is 4.59. The molecule has 1 aliphatic heterocycles. The van der Waals surface area contributed by atoms with E-state index in [0.29, 0.717) is 20.1 Å². The van der Waals surface area contributed by atoms with Gasteiger partial charge in [-0.05, 0) is 25.3 Å². The van der Waals surface area contributed by atoms with Gasteiger partial charge in [-0.25, -0.2) is 0 Å². The fourth-order valence-corrected chi connectivity index (χ4v) is 3.84. The summed E-state index contributed by atoms with van der Waals surface area (Å²) < 4.78 is 0.997. The molecule has 0 radical (unpaired) electrons. The zero-order chi connectivity index (χ0) is 12.4. The van der Waals surface area contributed by atoms with Gasteiger partial charge in [-0.15, -0.1) is 22.9 Å². The van der Waals surface area contributed by atoms with Gasteiger partial charge in [0.1, 0.15) is 4.34 Å². The number of hydrogen-bond donors (Lipinski definition) is 0. The third kappa shape index (κ3) is 2.90. The van der Waals surface area contributed by atoms with Gasteiger partial charge in [0.15, 0.2) is 0 Å². The molecule has 1 aliphatic rings. The lowest BCUT2D eigenvalue weighted by molar-refractivity contribution is 0.0640. The van der Waals surface area contributed by atoms with E-state index in [-0.39, 0.29) is 11.9 Å². The molecule has 1 amide bonds. The van der Waals surface area contributed by atoms with Crippen molar-refractivity contribution in [3.63, 3.8) is 0 Å². The van der Waals surface area contributed by atoms with Gasteiger partial charge in [0.05, 0.1) is 9.90 Å². The van der Waals surface area contributed by atoms with Gasteiger partial charge in [0.25, 0.3) is 5.91 Å². The molecule has 0 aliphatic carbocycles. The molecule has 0 spiro atoms. The Bertz CT molecular complexity index is 421. The Morgan fingerprint density at radius 3 is 2.82 bits per heavy atom. The first-order valence-corrected chi connectivity index (χ1v) is 7.56. The predicted octanol–water partition coefficient (Wildman–Crippen LogP) is 4.29. The molecule has 1 unspecified atom stereocenters. The number of carbonyl (C=O) groups excluding carboxylic acids is 1. The highest BCUT2D eigenvalue weighted by Gasteiger charge is 2.28. The molecule has 1 aromatic rings. The monoisotopic (exact) mass is 311 g/mol. The van der Waals surface area contributed by atoms with Crippen molar-refractivity contribution in [3.05, 3.63) is 20.3 Å². The second-order valence-corrected chi connectivity index (χ2v) is 6.63. The standard InChI is InChI=1S/C11H12Cl3NOS/c12-6-7-3-1-2-4-15(7)11(16)8-5-9(13)17-10(8)14/h5,7H,1-4,6H2. The fourth-order valence-electron chi connectivity index (χ4n) is 2.07. The summed E-state index contributed by atoms with van der Waals surface area (Å²) >= 11 is 19.0. The normalized spacial score (nSPS) is 20.6. The average Bonchev–Trinajstić information content (AvgIpc) is 2.67. The van der Waals surface area contributed by atoms with Crippen LogP contribution in [0.3, 0.4) is 0 Å². The number of piperidine rings is 1. The molecule has 1 atom stereocenters. The van der Waals surface area contributed by atoms with Crippen molar-refractivity contribution in [2.75, 3.05) is 12.4 Å². The molecule has 2 heterocycles. The maximum Gasteiger partial charge on any atom is 0.256 e. The molecule has 1 saturated heterocycles. The fraction of sp³-hybridized carbons (Fsp3) is 0.545. The van der Waals surface area contributed by atoms with Crippen LogP contribution in [0.25, 0.3) is 0 Å². The maximum atomic E-state index is 12.3. The second kappa shape index (κ2) is 5.79. The summed E-state index contributed by atoms with van der Waals surface area (Å²) in [7, 11) is 0. The van der Waals surface area contributed by atoms with Crippen LogP contribution < -0.4 is 0 Å². The van der Waals surface area contributed by atoms with Crippen LogP contribution in [0.15, 0.2) is 6.07 Å². The van der Waals surface area contributed by atoms with Gasteiger partial charge in [-0.1, -0.05) is 23.2 Å². The number of thiophene rings is 1. The number of rotatable bonds is 2. The zero-order valence-electron chi connectivity index (χ0n) is 9.09. The second-order valence-electron chi connectivity index (χ2n) is 4.04. The summed E-state index contributed by atoms with van der Waals surface area (Å²) in [6.07, 6.45) is 3.11. The van der Waals surface area contributed by atoms with Crippen LogP contribution in [0, 0.1) is 0 Å². The van der Waals surface area contributed by atoms with Gasteiger partial charge >= 0.3 is 0 Å². The summed E-state index contributed by atoms with van der Waals surface area (Å²) in [5.41, 5.74) is 0.499. The van der Waals surface area contributed by atoms with E-state index in [2.05, 4.69) is 0 Å². The topological polar surface area (TPSA) is 20.3 Å². The van der Waals surface area contributed by atoms with Crippen molar-refractivity contribution in [1.82, 2.24) is 4.90 Å². The maximum absolute atomic E-state index is 12.3. The Hall–Kier alpha value is 0.0400. The van der Waals surface area contributed by atoms with E-state index in [1.54, 1.807) is 6.07 Å². The van der Waals surface area contributed by atoms with Crippen molar-refractivity contribution >= 4 is 52.0 Å². The van der Waals surface area contributed by atoms with Crippen molar-refractivity contribution in [2.24, 2.45) is 0 Å². The average molecular weight is 313 g/mol. The van der Waals surface area contributed by atoms with E-state index in [1.807, 2.05) is 4.90 Å². The highest BCUT2D eigenvalue weighted by Crippen LogP contribution is 2.33. The van der Waals surface area contributed by atoms with Crippen molar-refractivity contribution < 1.29 is 4.79 Å². The molecule has 0 aromatic carbocycles. The highest BCUT2D eigenvalue weighted by molar-refractivity contribution is 7.20. The minimum absolute atomic E-state index is 0.0523. The minimum Gasteiger partial charge on any atom is -0.334 e. The van der Waals surface area contributed by atoms with Crippen LogP contribution in [0.5, 0.6) is 0 Å². The molecule has 0 N–H and O–H groups in total. The van der Waals surface area contributed by atoms with Crippen molar-refractivity contribution in [1.29, 1.82) is 0 Å². The number of halogens is 3. The van der Waals surface area contributed by atoms with Gasteiger partial charge < -0.3 is 4.90 Å². The van der Waals surface area contributed by atoms with E-state index in [0.717, 1.165) is 25.8 Å². The van der Waals surface area contributed by atoms with Crippen LogP contribution in [-0.2, 0) is 0 Å². The first-order valence-electron chi connectivity index (χ1n) is 5.45. The SMILES string of the molecule is O=C(c1cc(Cl)sc1Cl)N1CCCCC1CCl. The number of carbonyl (C=O) groups is 1. The first kappa shape index (κ1) is 13.5. The summed E-state index contributed by atoms with van der Waals surface area (Å²) in [5, 5.41) is 0. The number of nitrogens with zero attached hydrogens (tertiary/aromatic N) is 1. The summed E-state index contributed by atoms with van der Waals surface area (Å²) in [6, 6.07) is 1.75. The molecule has 0 bridgehead atoms. The van der Waals surface area contributed by atoms with Gasteiger partial charge in [0.2, 0.25) is 0 Å². The van der Waals surface area contributed by atoms with E-state index >= 15 is 0 Å². The lowest BCUT2D eigenvalue weighted by Gasteiger charge is -2.34. The molecule has 6 heteroatoms. The third-order valence-corrected chi connectivity index (χ3v) is 4.80. The quantitative estimate of drug-likeness (QED) is 0.746. The number of alkyl halides is 1. The molecule has 2 rings (SSSR count). The van der Waals surface area contributed by atoms with Crippen LogP contribution in [0.4, 0.5) is 0 Å². The first-order chi connectivity index (χ1) is 8.13. The van der Waals surface area contributed by atoms with Crippen LogP contribution >= 0.6 is 46.1 Å². The van der Waals surface area contributed by atoms with E-state index in [4.69, 9.17) is 34.8 Å². The summed E-state index contributed by atoms with van der Waals surface area (Å²) in [6.45, 7) is 0.750. The number of likely N-dealkylation sites (tertiary alicyclic amines) is 1. The molecule has 94 valence electrons. The minimum atomic E-state index is -0.0523. The summed E-state index contributed by atoms with van der Waals surface area (Å²) in [5.74, 6) is 0.421. The summed E-state index contributed by atoms with van der Waals surface area (Å²) in [4.78, 5) is 14.2. The molecular formula is C11H12Cl3NOS. The Balaban J connectivity index is 2.21. The van der Waals surface area contributed by atoms with Crippen LogP contribution in [0.1, 0.15) is 29.6 Å². The molecule has 17 heavy (non-hydrogen) atoms. The van der Waals surface area contributed by atoms with Crippen LogP contribution in [0.2, 0.25) is 8.67 Å². The molecule has 1 fully saturated rings. The van der Waals surface area contributed by atoms with Crippen molar-refractivity contribution in [2.45, 2.75) is 25.3 Å².